The molecule has 1 aliphatic rings. The maximum atomic E-state index is 12.6. The second kappa shape index (κ2) is 8.44. The number of carbonyl (C=O) groups excluding carboxylic acids is 2. The zero-order chi connectivity index (χ0) is 19.4. The Morgan fingerprint density at radius 1 is 1.04 bits per heavy atom. The summed E-state index contributed by atoms with van der Waals surface area (Å²) in [5.74, 6) is 0.0000179. The molecule has 1 N–H and O–H groups in total. The fourth-order valence-corrected chi connectivity index (χ4v) is 3.53. The molecule has 6 heteroatoms. The predicted molar refractivity (Wildman–Crippen MR) is 110 cm³/mol. The van der Waals surface area contributed by atoms with Crippen molar-refractivity contribution in [2.75, 3.05) is 36.4 Å². The third-order valence-corrected chi connectivity index (χ3v) is 5.10. The largest absolute Gasteiger partial charge is 0.365 e. The van der Waals surface area contributed by atoms with E-state index < -0.39 is 0 Å². The van der Waals surface area contributed by atoms with Gasteiger partial charge in [0.15, 0.2) is 0 Å². The molecule has 0 bridgehead atoms. The standard InChI is InChI=1S/C21H24ClN3O2/c1-3-19(26)24-11-13-25(14-12-24)20-17(22)5-4-6-18(20)23-21(27)16-9-7-15(2)8-10-16/h4-10H,3,11-14H2,1-2H3,(H,23,27). The summed E-state index contributed by atoms with van der Waals surface area (Å²) in [5, 5.41) is 3.57. The normalized spacial score (nSPS) is 14.2. The molecule has 2 aromatic rings. The first kappa shape index (κ1) is 19.2. The van der Waals surface area contributed by atoms with Crippen LogP contribution < -0.4 is 10.2 Å². The van der Waals surface area contributed by atoms with Gasteiger partial charge in [0.2, 0.25) is 5.91 Å². The van der Waals surface area contributed by atoms with E-state index in [1.165, 1.54) is 0 Å². The molecular formula is C21H24ClN3O2. The number of hydrogen-bond acceptors (Lipinski definition) is 3. The number of halogens is 1. The number of nitrogens with zero attached hydrogens (tertiary/aromatic N) is 2. The van der Waals surface area contributed by atoms with E-state index in [0.717, 1.165) is 11.3 Å². The average molecular weight is 386 g/mol. The Morgan fingerprint density at radius 2 is 1.70 bits per heavy atom. The molecule has 27 heavy (non-hydrogen) atoms. The molecule has 5 nitrogen and oxygen atoms in total. The number of nitrogens with one attached hydrogen (secondary N) is 1. The minimum atomic E-state index is -0.168. The van der Waals surface area contributed by atoms with Crippen LogP contribution in [0.5, 0.6) is 0 Å². The lowest BCUT2D eigenvalue weighted by Gasteiger charge is -2.37. The van der Waals surface area contributed by atoms with Crippen molar-refractivity contribution in [2.24, 2.45) is 0 Å². The highest BCUT2D eigenvalue weighted by molar-refractivity contribution is 6.34. The van der Waals surface area contributed by atoms with Gasteiger partial charge in [-0.05, 0) is 31.2 Å². The molecule has 0 atom stereocenters. The Hall–Kier alpha value is -2.53. The fraction of sp³-hybridized carbons (Fsp3) is 0.333. The highest BCUT2D eigenvalue weighted by Crippen LogP contribution is 2.35. The summed E-state index contributed by atoms with van der Waals surface area (Å²) in [7, 11) is 0. The first-order valence-electron chi connectivity index (χ1n) is 9.19. The lowest BCUT2D eigenvalue weighted by Crippen LogP contribution is -2.48. The van der Waals surface area contributed by atoms with E-state index in [1.807, 2.05) is 61.2 Å². The average Bonchev–Trinajstić information content (AvgIpc) is 2.68. The van der Waals surface area contributed by atoms with E-state index in [0.29, 0.717) is 48.9 Å². The van der Waals surface area contributed by atoms with Gasteiger partial charge in [0.05, 0.1) is 16.4 Å². The maximum absolute atomic E-state index is 12.6. The predicted octanol–water partition coefficient (Wildman–Crippen LogP) is 3.96. The van der Waals surface area contributed by atoms with Crippen LogP contribution in [-0.4, -0.2) is 42.9 Å². The summed E-state index contributed by atoms with van der Waals surface area (Å²) < 4.78 is 0. The Kier molecular flexibility index (Phi) is 6.01. The zero-order valence-corrected chi connectivity index (χ0v) is 16.4. The topological polar surface area (TPSA) is 52.7 Å². The van der Waals surface area contributed by atoms with Gasteiger partial charge in [-0.25, -0.2) is 0 Å². The second-order valence-corrected chi connectivity index (χ2v) is 7.08. The van der Waals surface area contributed by atoms with Crippen LogP contribution in [0.3, 0.4) is 0 Å². The molecule has 142 valence electrons. The summed E-state index contributed by atoms with van der Waals surface area (Å²) in [6, 6.07) is 13.0. The first-order chi connectivity index (χ1) is 13.0. The van der Waals surface area contributed by atoms with Crippen LogP contribution in [0.1, 0.15) is 29.3 Å². The first-order valence-corrected chi connectivity index (χ1v) is 9.56. The molecule has 0 aromatic heterocycles. The molecule has 0 radical (unpaired) electrons. The number of rotatable bonds is 4. The van der Waals surface area contributed by atoms with Crippen molar-refractivity contribution in [1.82, 2.24) is 4.90 Å². The number of aryl methyl sites for hydroxylation is 1. The highest BCUT2D eigenvalue weighted by Gasteiger charge is 2.24. The van der Waals surface area contributed by atoms with Crippen molar-refractivity contribution >= 4 is 34.8 Å². The number of amides is 2. The number of piperazine rings is 1. The van der Waals surface area contributed by atoms with Gasteiger partial charge in [-0.15, -0.1) is 0 Å². The number of anilines is 2. The molecular weight excluding hydrogens is 362 g/mol. The molecule has 0 saturated carbocycles. The monoisotopic (exact) mass is 385 g/mol. The Bertz CT molecular complexity index is 828. The lowest BCUT2D eigenvalue weighted by atomic mass is 10.1. The number of benzene rings is 2. The molecule has 3 rings (SSSR count). The highest BCUT2D eigenvalue weighted by atomic mass is 35.5. The summed E-state index contributed by atoms with van der Waals surface area (Å²) in [6.45, 7) is 6.54. The van der Waals surface area contributed by atoms with Crippen LogP contribution in [-0.2, 0) is 4.79 Å². The van der Waals surface area contributed by atoms with Crippen LogP contribution in [0.4, 0.5) is 11.4 Å². The third-order valence-electron chi connectivity index (χ3n) is 4.80. The maximum Gasteiger partial charge on any atom is 0.255 e. The third kappa shape index (κ3) is 4.42. The Morgan fingerprint density at radius 3 is 2.33 bits per heavy atom. The molecule has 1 fully saturated rings. The van der Waals surface area contributed by atoms with Crippen molar-refractivity contribution in [3.05, 3.63) is 58.6 Å². The van der Waals surface area contributed by atoms with Gasteiger partial charge >= 0.3 is 0 Å². The zero-order valence-electron chi connectivity index (χ0n) is 15.7. The van der Waals surface area contributed by atoms with Crippen LogP contribution >= 0.6 is 11.6 Å². The van der Waals surface area contributed by atoms with Gasteiger partial charge in [0, 0.05) is 38.2 Å². The van der Waals surface area contributed by atoms with Crippen molar-refractivity contribution in [3.63, 3.8) is 0 Å². The molecule has 0 spiro atoms. The number of carbonyl (C=O) groups is 2. The molecule has 1 saturated heterocycles. The summed E-state index contributed by atoms with van der Waals surface area (Å²) in [6.07, 6.45) is 0.518. The van der Waals surface area contributed by atoms with Crippen molar-refractivity contribution in [1.29, 1.82) is 0 Å². The molecule has 1 aliphatic heterocycles. The van der Waals surface area contributed by atoms with Gasteiger partial charge in [0.25, 0.3) is 5.91 Å². The molecule has 0 unspecified atom stereocenters. The molecule has 2 amide bonds. The summed E-state index contributed by atoms with van der Waals surface area (Å²) in [4.78, 5) is 28.5. The van der Waals surface area contributed by atoms with E-state index in [2.05, 4.69) is 10.2 Å². The molecule has 1 heterocycles. The minimum Gasteiger partial charge on any atom is -0.365 e. The van der Waals surface area contributed by atoms with Crippen molar-refractivity contribution in [3.8, 4) is 0 Å². The Balaban J connectivity index is 1.78. The van der Waals surface area contributed by atoms with E-state index in [-0.39, 0.29) is 11.8 Å². The van der Waals surface area contributed by atoms with Gasteiger partial charge < -0.3 is 15.1 Å². The van der Waals surface area contributed by atoms with Gasteiger partial charge in [0.1, 0.15) is 0 Å². The van der Waals surface area contributed by atoms with Crippen molar-refractivity contribution in [2.45, 2.75) is 20.3 Å². The van der Waals surface area contributed by atoms with Crippen LogP contribution in [0.2, 0.25) is 5.02 Å². The summed E-state index contributed by atoms with van der Waals surface area (Å²) in [5.41, 5.74) is 3.20. The van der Waals surface area contributed by atoms with Crippen LogP contribution in [0, 0.1) is 6.92 Å². The van der Waals surface area contributed by atoms with Gasteiger partial charge in [-0.3, -0.25) is 9.59 Å². The van der Waals surface area contributed by atoms with Gasteiger partial charge in [-0.1, -0.05) is 42.3 Å². The lowest BCUT2D eigenvalue weighted by molar-refractivity contribution is -0.131. The van der Waals surface area contributed by atoms with E-state index in [1.54, 1.807) is 0 Å². The Labute approximate surface area is 164 Å². The molecule has 0 aliphatic carbocycles. The SMILES string of the molecule is CCC(=O)N1CCN(c2c(Cl)cccc2NC(=O)c2ccc(C)cc2)CC1. The smallest absolute Gasteiger partial charge is 0.255 e. The van der Waals surface area contributed by atoms with E-state index in [4.69, 9.17) is 11.6 Å². The quantitative estimate of drug-likeness (QED) is 0.866. The van der Waals surface area contributed by atoms with Crippen LogP contribution in [0.25, 0.3) is 0 Å². The number of para-hydroxylation sites is 1. The summed E-state index contributed by atoms with van der Waals surface area (Å²) >= 11 is 6.47. The number of hydrogen-bond donors (Lipinski definition) is 1. The van der Waals surface area contributed by atoms with E-state index >= 15 is 0 Å². The van der Waals surface area contributed by atoms with Gasteiger partial charge in [-0.2, -0.15) is 0 Å². The van der Waals surface area contributed by atoms with Crippen LogP contribution in [0.15, 0.2) is 42.5 Å². The molecule has 2 aromatic carbocycles. The fourth-order valence-electron chi connectivity index (χ4n) is 3.24. The second-order valence-electron chi connectivity index (χ2n) is 6.68. The van der Waals surface area contributed by atoms with E-state index in [9.17, 15) is 9.59 Å². The van der Waals surface area contributed by atoms with Crippen molar-refractivity contribution < 1.29 is 9.59 Å². The minimum absolute atomic E-state index is 0.168.